The molecule has 1 aliphatic rings. The minimum Gasteiger partial charge on any atom is -0.494 e. The molecule has 1 saturated carbocycles. The van der Waals surface area contributed by atoms with Gasteiger partial charge in [0.1, 0.15) is 5.75 Å². The molecule has 0 unspecified atom stereocenters. The molecule has 1 fully saturated rings. The van der Waals surface area contributed by atoms with Crippen LogP contribution < -0.4 is 4.74 Å². The highest BCUT2D eigenvalue weighted by Gasteiger charge is 2.16. The number of hydrogen-bond donors (Lipinski definition) is 0. The molecule has 0 atom stereocenters. The van der Waals surface area contributed by atoms with Crippen LogP contribution in [-0.4, -0.2) is 6.61 Å². The largest absolute Gasteiger partial charge is 0.494 e. The molecular weight excluding hydrogens is 240 g/mol. The van der Waals surface area contributed by atoms with E-state index < -0.39 is 0 Å². The maximum atomic E-state index is 5.66. The Bertz CT molecular complexity index is 294. The Morgan fingerprint density at radius 3 is 2.86 bits per heavy atom. The third-order valence-corrected chi connectivity index (χ3v) is 3.31. The SMILES string of the molecule is Brc1cccc(OCCC2CCC2)c1. The molecule has 0 bridgehead atoms. The number of benzene rings is 1. The molecule has 0 spiro atoms. The molecule has 2 heteroatoms. The molecular formula is C12H15BrO. The summed E-state index contributed by atoms with van der Waals surface area (Å²) in [5.41, 5.74) is 0. The molecule has 1 aliphatic carbocycles. The monoisotopic (exact) mass is 254 g/mol. The lowest BCUT2D eigenvalue weighted by atomic mass is 9.83. The van der Waals surface area contributed by atoms with Crippen LogP contribution in [0.4, 0.5) is 0 Å². The number of ether oxygens (including phenoxy) is 1. The molecule has 14 heavy (non-hydrogen) atoms. The molecule has 2 rings (SSSR count). The summed E-state index contributed by atoms with van der Waals surface area (Å²) in [7, 11) is 0. The molecule has 0 radical (unpaired) electrons. The molecule has 0 amide bonds. The second-order valence-electron chi connectivity index (χ2n) is 3.89. The van der Waals surface area contributed by atoms with E-state index in [1.807, 2.05) is 24.3 Å². The smallest absolute Gasteiger partial charge is 0.120 e. The second-order valence-corrected chi connectivity index (χ2v) is 4.81. The van der Waals surface area contributed by atoms with Gasteiger partial charge in [-0.1, -0.05) is 41.3 Å². The zero-order valence-corrected chi connectivity index (χ0v) is 9.79. The van der Waals surface area contributed by atoms with E-state index in [9.17, 15) is 0 Å². The fourth-order valence-corrected chi connectivity index (χ4v) is 2.06. The van der Waals surface area contributed by atoms with Crippen LogP contribution in [0.15, 0.2) is 28.7 Å². The molecule has 0 heterocycles. The van der Waals surface area contributed by atoms with Gasteiger partial charge in [-0.2, -0.15) is 0 Å². The van der Waals surface area contributed by atoms with Gasteiger partial charge < -0.3 is 4.74 Å². The van der Waals surface area contributed by atoms with Crippen molar-refractivity contribution in [3.05, 3.63) is 28.7 Å². The minimum absolute atomic E-state index is 0.862. The predicted octanol–water partition coefficient (Wildman–Crippen LogP) is 4.02. The van der Waals surface area contributed by atoms with Crippen molar-refractivity contribution in [3.8, 4) is 5.75 Å². The average molecular weight is 255 g/mol. The van der Waals surface area contributed by atoms with Crippen LogP contribution in [0, 0.1) is 5.92 Å². The lowest BCUT2D eigenvalue weighted by Gasteiger charge is -2.24. The lowest BCUT2D eigenvalue weighted by molar-refractivity contribution is 0.222. The van der Waals surface area contributed by atoms with E-state index in [2.05, 4.69) is 15.9 Å². The van der Waals surface area contributed by atoms with Gasteiger partial charge in [0.2, 0.25) is 0 Å². The van der Waals surface area contributed by atoms with E-state index in [0.717, 1.165) is 22.7 Å². The van der Waals surface area contributed by atoms with E-state index in [-0.39, 0.29) is 0 Å². The Morgan fingerprint density at radius 1 is 1.36 bits per heavy atom. The molecule has 0 aliphatic heterocycles. The van der Waals surface area contributed by atoms with E-state index in [0.29, 0.717) is 0 Å². The van der Waals surface area contributed by atoms with Crippen molar-refractivity contribution < 1.29 is 4.74 Å². The predicted molar refractivity (Wildman–Crippen MR) is 61.6 cm³/mol. The normalized spacial score (nSPS) is 16.4. The van der Waals surface area contributed by atoms with Crippen molar-refractivity contribution in [2.24, 2.45) is 5.92 Å². The van der Waals surface area contributed by atoms with E-state index in [4.69, 9.17) is 4.74 Å². The highest BCUT2D eigenvalue weighted by atomic mass is 79.9. The van der Waals surface area contributed by atoms with Crippen LogP contribution in [0.25, 0.3) is 0 Å². The van der Waals surface area contributed by atoms with Gasteiger partial charge in [0, 0.05) is 4.47 Å². The Hall–Kier alpha value is -0.500. The Kier molecular flexibility index (Phi) is 3.46. The zero-order valence-electron chi connectivity index (χ0n) is 8.21. The summed E-state index contributed by atoms with van der Waals surface area (Å²) in [5.74, 6) is 1.90. The van der Waals surface area contributed by atoms with E-state index in [1.54, 1.807) is 0 Å². The molecule has 0 aromatic heterocycles. The van der Waals surface area contributed by atoms with Gasteiger partial charge in [-0.3, -0.25) is 0 Å². The van der Waals surface area contributed by atoms with Gasteiger partial charge in [0.15, 0.2) is 0 Å². The Morgan fingerprint density at radius 2 is 2.21 bits per heavy atom. The lowest BCUT2D eigenvalue weighted by Crippen LogP contribution is -2.14. The summed E-state index contributed by atoms with van der Waals surface area (Å²) in [6.07, 6.45) is 5.44. The summed E-state index contributed by atoms with van der Waals surface area (Å²) in [6, 6.07) is 8.04. The molecule has 76 valence electrons. The van der Waals surface area contributed by atoms with Gasteiger partial charge in [0.05, 0.1) is 6.61 Å². The number of hydrogen-bond acceptors (Lipinski definition) is 1. The van der Waals surface area contributed by atoms with Crippen molar-refractivity contribution >= 4 is 15.9 Å². The standard InChI is InChI=1S/C12H15BrO/c13-11-5-2-6-12(9-11)14-8-7-10-3-1-4-10/h2,5-6,9-10H,1,3-4,7-8H2. The molecule has 0 N–H and O–H groups in total. The van der Waals surface area contributed by atoms with Crippen molar-refractivity contribution in [2.75, 3.05) is 6.61 Å². The molecule has 0 saturated heterocycles. The van der Waals surface area contributed by atoms with E-state index >= 15 is 0 Å². The fourth-order valence-electron chi connectivity index (χ4n) is 1.68. The highest BCUT2D eigenvalue weighted by Crippen LogP contribution is 2.29. The summed E-state index contributed by atoms with van der Waals surface area (Å²) < 4.78 is 6.75. The first-order valence-corrected chi connectivity index (χ1v) is 6.02. The number of halogens is 1. The first-order valence-electron chi connectivity index (χ1n) is 5.23. The average Bonchev–Trinajstić information content (AvgIpc) is 2.09. The topological polar surface area (TPSA) is 9.23 Å². The Labute approximate surface area is 93.6 Å². The Balaban J connectivity index is 1.74. The zero-order chi connectivity index (χ0) is 9.80. The summed E-state index contributed by atoms with van der Waals surface area (Å²) >= 11 is 3.43. The summed E-state index contributed by atoms with van der Waals surface area (Å²) in [6.45, 7) is 0.862. The van der Waals surface area contributed by atoms with Gasteiger partial charge in [-0.05, 0) is 30.5 Å². The quantitative estimate of drug-likeness (QED) is 0.789. The van der Waals surface area contributed by atoms with Crippen LogP contribution >= 0.6 is 15.9 Å². The molecule has 1 nitrogen and oxygen atoms in total. The summed E-state index contributed by atoms with van der Waals surface area (Å²) in [5, 5.41) is 0. The van der Waals surface area contributed by atoms with Gasteiger partial charge >= 0.3 is 0 Å². The maximum Gasteiger partial charge on any atom is 0.120 e. The fraction of sp³-hybridized carbons (Fsp3) is 0.500. The van der Waals surface area contributed by atoms with Crippen molar-refractivity contribution in [3.63, 3.8) is 0 Å². The van der Waals surface area contributed by atoms with Gasteiger partial charge in [-0.15, -0.1) is 0 Å². The maximum absolute atomic E-state index is 5.66. The van der Waals surface area contributed by atoms with Crippen LogP contribution in [0.1, 0.15) is 25.7 Å². The first kappa shape index (κ1) is 10.0. The summed E-state index contributed by atoms with van der Waals surface area (Å²) in [4.78, 5) is 0. The third kappa shape index (κ3) is 2.74. The molecule has 1 aromatic carbocycles. The van der Waals surface area contributed by atoms with E-state index in [1.165, 1.54) is 25.7 Å². The van der Waals surface area contributed by atoms with Gasteiger partial charge in [0.25, 0.3) is 0 Å². The van der Waals surface area contributed by atoms with Crippen LogP contribution in [0.2, 0.25) is 0 Å². The van der Waals surface area contributed by atoms with Crippen molar-refractivity contribution in [1.82, 2.24) is 0 Å². The molecule has 1 aromatic rings. The van der Waals surface area contributed by atoms with Crippen molar-refractivity contribution in [2.45, 2.75) is 25.7 Å². The van der Waals surface area contributed by atoms with Gasteiger partial charge in [-0.25, -0.2) is 0 Å². The minimum atomic E-state index is 0.862. The number of rotatable bonds is 4. The third-order valence-electron chi connectivity index (χ3n) is 2.82. The van der Waals surface area contributed by atoms with Crippen LogP contribution in [-0.2, 0) is 0 Å². The second kappa shape index (κ2) is 4.83. The highest BCUT2D eigenvalue weighted by molar-refractivity contribution is 9.10. The van der Waals surface area contributed by atoms with Crippen LogP contribution in [0.5, 0.6) is 5.75 Å². The first-order chi connectivity index (χ1) is 6.84. The van der Waals surface area contributed by atoms with Crippen LogP contribution in [0.3, 0.4) is 0 Å². The van der Waals surface area contributed by atoms with Crippen molar-refractivity contribution in [1.29, 1.82) is 0 Å².